The van der Waals surface area contributed by atoms with Crippen LogP contribution >= 0.6 is 0 Å². The van der Waals surface area contributed by atoms with Crippen molar-refractivity contribution in [1.29, 1.82) is 0 Å². The van der Waals surface area contributed by atoms with Crippen molar-refractivity contribution in [2.75, 3.05) is 18.5 Å². The van der Waals surface area contributed by atoms with Crippen LogP contribution in [0.5, 0.6) is 5.88 Å². The number of halogens is 3. The zero-order valence-electron chi connectivity index (χ0n) is 10.6. The molecule has 0 aliphatic rings. The van der Waals surface area contributed by atoms with Crippen molar-refractivity contribution in [3.05, 3.63) is 16.3 Å². The summed E-state index contributed by atoms with van der Waals surface area (Å²) in [5, 5.41) is 13.5. The Hall–Kier alpha value is -2.13. The molecule has 10 heteroatoms. The zero-order valence-corrected chi connectivity index (χ0v) is 10.6. The highest BCUT2D eigenvalue weighted by molar-refractivity contribution is 5.43. The fraction of sp³-hybridized carbons (Fsp3) is 0.600. The number of nitrogens with one attached hydrogen (secondary N) is 1. The van der Waals surface area contributed by atoms with Gasteiger partial charge < -0.3 is 10.1 Å². The molecule has 1 aromatic rings. The van der Waals surface area contributed by atoms with Crippen molar-refractivity contribution in [2.45, 2.75) is 25.9 Å². The number of rotatable bonds is 7. The third kappa shape index (κ3) is 5.24. The summed E-state index contributed by atoms with van der Waals surface area (Å²) in [4.78, 5) is 17.3. The van der Waals surface area contributed by atoms with Gasteiger partial charge in [0.15, 0.2) is 0 Å². The summed E-state index contributed by atoms with van der Waals surface area (Å²) >= 11 is 0. The minimum Gasteiger partial charge on any atom is -0.472 e. The van der Waals surface area contributed by atoms with Gasteiger partial charge in [-0.3, -0.25) is 10.1 Å². The maximum atomic E-state index is 12.0. The molecule has 7 nitrogen and oxygen atoms in total. The molecular formula is C10H13F3N4O3. The van der Waals surface area contributed by atoms with E-state index in [-0.39, 0.29) is 5.95 Å². The SMILES string of the molecule is CCCNc1ncc([N+](=O)[O-])c(OCCC(F)(F)F)n1. The summed E-state index contributed by atoms with van der Waals surface area (Å²) in [6.07, 6.45) is -3.95. The van der Waals surface area contributed by atoms with E-state index in [0.717, 1.165) is 12.6 Å². The predicted molar refractivity (Wildman–Crippen MR) is 63.6 cm³/mol. The second kappa shape index (κ2) is 6.87. The van der Waals surface area contributed by atoms with Crippen LogP contribution in [0.3, 0.4) is 0 Å². The van der Waals surface area contributed by atoms with Crippen molar-refractivity contribution in [2.24, 2.45) is 0 Å². The highest BCUT2D eigenvalue weighted by Crippen LogP contribution is 2.26. The summed E-state index contributed by atoms with van der Waals surface area (Å²) < 4.78 is 40.8. The van der Waals surface area contributed by atoms with Gasteiger partial charge in [-0.2, -0.15) is 18.2 Å². The third-order valence-electron chi connectivity index (χ3n) is 2.09. The molecule has 0 aliphatic heterocycles. The van der Waals surface area contributed by atoms with Crippen LogP contribution in [0, 0.1) is 10.1 Å². The summed E-state index contributed by atoms with van der Waals surface area (Å²) in [5.41, 5.74) is -0.575. The molecule has 0 aromatic carbocycles. The maximum absolute atomic E-state index is 12.0. The molecule has 0 radical (unpaired) electrons. The summed E-state index contributed by atoms with van der Waals surface area (Å²) in [5.74, 6) is -0.410. The first-order valence-corrected chi connectivity index (χ1v) is 5.78. The Labute approximate surface area is 112 Å². The fourth-order valence-corrected chi connectivity index (χ4v) is 1.18. The molecule has 1 rings (SSSR count). The molecule has 0 unspecified atom stereocenters. The van der Waals surface area contributed by atoms with E-state index in [2.05, 4.69) is 15.3 Å². The van der Waals surface area contributed by atoms with Gasteiger partial charge in [0.1, 0.15) is 6.20 Å². The molecule has 1 heterocycles. The molecule has 0 spiro atoms. The van der Waals surface area contributed by atoms with E-state index in [1.54, 1.807) is 0 Å². The number of nitro groups is 1. The second-order valence-electron chi connectivity index (χ2n) is 3.78. The normalized spacial score (nSPS) is 11.2. The molecule has 0 saturated carbocycles. The molecule has 0 fully saturated rings. The molecule has 0 aliphatic carbocycles. The Bertz CT molecular complexity index is 468. The van der Waals surface area contributed by atoms with E-state index in [1.165, 1.54) is 0 Å². The molecule has 0 bridgehead atoms. The number of anilines is 1. The van der Waals surface area contributed by atoms with Crippen LogP contribution in [0.1, 0.15) is 19.8 Å². The molecule has 0 atom stereocenters. The first-order chi connectivity index (χ1) is 9.33. The van der Waals surface area contributed by atoms with Gasteiger partial charge in [-0.25, -0.2) is 4.98 Å². The van der Waals surface area contributed by atoms with Gasteiger partial charge in [0.25, 0.3) is 5.88 Å². The topological polar surface area (TPSA) is 90.2 Å². The van der Waals surface area contributed by atoms with Crippen LogP contribution in [-0.2, 0) is 0 Å². The van der Waals surface area contributed by atoms with Gasteiger partial charge in [-0.15, -0.1) is 0 Å². The second-order valence-corrected chi connectivity index (χ2v) is 3.78. The minimum absolute atomic E-state index is 0.0689. The first kappa shape index (κ1) is 15.9. The number of hydrogen-bond donors (Lipinski definition) is 1. The Morgan fingerprint density at radius 1 is 1.50 bits per heavy atom. The van der Waals surface area contributed by atoms with Gasteiger partial charge in [-0.1, -0.05) is 6.92 Å². The smallest absolute Gasteiger partial charge is 0.392 e. The highest BCUT2D eigenvalue weighted by Gasteiger charge is 2.28. The Kier molecular flexibility index (Phi) is 5.47. The third-order valence-corrected chi connectivity index (χ3v) is 2.09. The lowest BCUT2D eigenvalue weighted by atomic mass is 10.4. The van der Waals surface area contributed by atoms with Gasteiger partial charge >= 0.3 is 11.9 Å². The summed E-state index contributed by atoms with van der Waals surface area (Å²) in [6, 6.07) is 0. The average molecular weight is 294 g/mol. The lowest BCUT2D eigenvalue weighted by Gasteiger charge is -2.09. The standard InChI is InChI=1S/C10H13F3N4O3/c1-2-4-14-9-15-6-7(17(18)19)8(16-9)20-5-3-10(11,12)13/h6H,2-5H2,1H3,(H,14,15,16). The van der Waals surface area contributed by atoms with Crippen molar-refractivity contribution in [3.8, 4) is 5.88 Å². The Morgan fingerprint density at radius 3 is 2.75 bits per heavy atom. The van der Waals surface area contributed by atoms with E-state index < -0.39 is 35.7 Å². The largest absolute Gasteiger partial charge is 0.472 e. The summed E-state index contributed by atoms with van der Waals surface area (Å²) in [6.45, 7) is 1.67. The van der Waals surface area contributed by atoms with E-state index in [1.807, 2.05) is 6.92 Å². The van der Waals surface area contributed by atoms with E-state index in [9.17, 15) is 23.3 Å². The van der Waals surface area contributed by atoms with Gasteiger partial charge in [0.05, 0.1) is 18.0 Å². The number of aromatic nitrogens is 2. The monoisotopic (exact) mass is 294 g/mol. The van der Waals surface area contributed by atoms with Crippen LogP contribution in [0.2, 0.25) is 0 Å². The molecule has 112 valence electrons. The number of ether oxygens (including phenoxy) is 1. The van der Waals surface area contributed by atoms with Crippen LogP contribution in [0.15, 0.2) is 6.20 Å². The molecule has 1 aromatic heterocycles. The average Bonchev–Trinajstić information content (AvgIpc) is 2.34. The number of alkyl halides is 3. The van der Waals surface area contributed by atoms with Crippen LogP contribution in [-0.4, -0.2) is 34.2 Å². The quantitative estimate of drug-likeness (QED) is 0.614. The Morgan fingerprint density at radius 2 is 2.20 bits per heavy atom. The molecule has 0 saturated heterocycles. The molecule has 20 heavy (non-hydrogen) atoms. The maximum Gasteiger partial charge on any atom is 0.392 e. The first-order valence-electron chi connectivity index (χ1n) is 5.78. The van der Waals surface area contributed by atoms with E-state index in [4.69, 9.17) is 4.74 Å². The van der Waals surface area contributed by atoms with Gasteiger partial charge in [0.2, 0.25) is 5.95 Å². The van der Waals surface area contributed by atoms with Gasteiger partial charge in [0, 0.05) is 6.54 Å². The predicted octanol–water partition coefficient (Wildman–Crippen LogP) is 2.54. The lowest BCUT2D eigenvalue weighted by Crippen LogP contribution is -2.14. The van der Waals surface area contributed by atoms with Crippen molar-refractivity contribution in [1.82, 2.24) is 9.97 Å². The molecule has 0 amide bonds. The van der Waals surface area contributed by atoms with Crippen LogP contribution in [0.25, 0.3) is 0 Å². The van der Waals surface area contributed by atoms with Crippen molar-refractivity contribution < 1.29 is 22.8 Å². The number of hydrogen-bond acceptors (Lipinski definition) is 6. The lowest BCUT2D eigenvalue weighted by molar-refractivity contribution is -0.386. The molecule has 1 N–H and O–H groups in total. The summed E-state index contributed by atoms with van der Waals surface area (Å²) in [7, 11) is 0. The number of nitrogens with zero attached hydrogens (tertiary/aromatic N) is 3. The Balaban J connectivity index is 2.80. The minimum atomic E-state index is -4.40. The van der Waals surface area contributed by atoms with Crippen molar-refractivity contribution in [3.63, 3.8) is 0 Å². The van der Waals surface area contributed by atoms with E-state index in [0.29, 0.717) is 6.54 Å². The van der Waals surface area contributed by atoms with Crippen LogP contribution < -0.4 is 10.1 Å². The van der Waals surface area contributed by atoms with E-state index >= 15 is 0 Å². The van der Waals surface area contributed by atoms with Crippen LogP contribution in [0.4, 0.5) is 24.8 Å². The zero-order chi connectivity index (χ0) is 15.2. The molecular weight excluding hydrogens is 281 g/mol. The van der Waals surface area contributed by atoms with Gasteiger partial charge in [-0.05, 0) is 6.42 Å². The fourth-order valence-electron chi connectivity index (χ4n) is 1.18. The highest BCUT2D eigenvalue weighted by atomic mass is 19.4. The van der Waals surface area contributed by atoms with Crippen molar-refractivity contribution >= 4 is 11.6 Å².